The van der Waals surface area contributed by atoms with Gasteiger partial charge >= 0.3 is 0 Å². The molecule has 152 valence electrons. The second-order valence-electron chi connectivity index (χ2n) is 6.23. The zero-order valence-corrected chi connectivity index (χ0v) is 16.7. The number of benzene rings is 1. The van der Waals surface area contributed by atoms with Gasteiger partial charge in [0, 0.05) is 23.4 Å². The van der Waals surface area contributed by atoms with Gasteiger partial charge in [-0.2, -0.15) is 8.42 Å². The van der Waals surface area contributed by atoms with Crippen LogP contribution < -0.4 is 15.6 Å². The SMILES string of the molecule is CCCOc1ccc(C(=O)NCCS(=O)(=O)O)cc1-c1nc(C)c(C)c(=O)[nH]1. The van der Waals surface area contributed by atoms with Gasteiger partial charge in [0.25, 0.3) is 21.6 Å². The van der Waals surface area contributed by atoms with Gasteiger partial charge in [0.2, 0.25) is 0 Å². The van der Waals surface area contributed by atoms with E-state index in [1.54, 1.807) is 19.9 Å². The number of rotatable bonds is 8. The van der Waals surface area contributed by atoms with E-state index in [-0.39, 0.29) is 23.5 Å². The molecule has 0 saturated heterocycles. The van der Waals surface area contributed by atoms with Crippen molar-refractivity contribution in [3.05, 3.63) is 45.4 Å². The van der Waals surface area contributed by atoms with Gasteiger partial charge in [-0.25, -0.2) is 4.98 Å². The topological polar surface area (TPSA) is 138 Å². The fraction of sp³-hybridized carbons (Fsp3) is 0.389. The van der Waals surface area contributed by atoms with Gasteiger partial charge in [-0.3, -0.25) is 14.1 Å². The van der Waals surface area contributed by atoms with E-state index in [1.165, 1.54) is 12.1 Å². The van der Waals surface area contributed by atoms with Crippen molar-refractivity contribution < 1.29 is 22.5 Å². The van der Waals surface area contributed by atoms with Crippen LogP contribution >= 0.6 is 0 Å². The number of H-pyrrole nitrogens is 1. The van der Waals surface area contributed by atoms with Gasteiger partial charge in [-0.05, 0) is 38.5 Å². The van der Waals surface area contributed by atoms with Crippen molar-refractivity contribution in [2.75, 3.05) is 18.9 Å². The fourth-order valence-electron chi connectivity index (χ4n) is 2.36. The van der Waals surface area contributed by atoms with Crippen LogP contribution in [0.15, 0.2) is 23.0 Å². The largest absolute Gasteiger partial charge is 0.493 e. The molecule has 28 heavy (non-hydrogen) atoms. The molecule has 1 heterocycles. The maximum absolute atomic E-state index is 12.3. The smallest absolute Gasteiger partial charge is 0.266 e. The highest BCUT2D eigenvalue weighted by molar-refractivity contribution is 7.85. The van der Waals surface area contributed by atoms with Crippen LogP contribution in [-0.4, -0.2) is 47.8 Å². The second-order valence-corrected chi connectivity index (χ2v) is 7.80. The normalized spacial score (nSPS) is 11.3. The maximum atomic E-state index is 12.3. The van der Waals surface area contributed by atoms with Crippen molar-refractivity contribution in [3.63, 3.8) is 0 Å². The summed E-state index contributed by atoms with van der Waals surface area (Å²) in [6, 6.07) is 4.63. The van der Waals surface area contributed by atoms with Crippen LogP contribution in [0.2, 0.25) is 0 Å². The van der Waals surface area contributed by atoms with Crippen LogP contribution in [0.25, 0.3) is 11.4 Å². The minimum atomic E-state index is -4.17. The molecule has 0 atom stereocenters. The summed E-state index contributed by atoms with van der Waals surface area (Å²) in [6.07, 6.45) is 0.772. The molecule has 1 aromatic heterocycles. The van der Waals surface area contributed by atoms with Gasteiger partial charge in [-0.15, -0.1) is 0 Å². The predicted octanol–water partition coefficient (Wildman–Crippen LogP) is 1.46. The molecule has 0 spiro atoms. The van der Waals surface area contributed by atoms with E-state index in [1.807, 2.05) is 6.92 Å². The molecule has 2 aromatic rings. The number of ether oxygens (including phenoxy) is 1. The van der Waals surface area contributed by atoms with Crippen LogP contribution in [0.3, 0.4) is 0 Å². The van der Waals surface area contributed by atoms with Crippen LogP contribution in [0, 0.1) is 13.8 Å². The minimum absolute atomic E-state index is 0.232. The van der Waals surface area contributed by atoms with Crippen LogP contribution in [-0.2, 0) is 10.1 Å². The second kappa shape index (κ2) is 8.98. The summed E-state index contributed by atoms with van der Waals surface area (Å²) in [6.45, 7) is 5.54. The molecule has 0 saturated carbocycles. The molecule has 0 bridgehead atoms. The third-order valence-corrected chi connectivity index (χ3v) is 4.72. The number of hydrogen-bond donors (Lipinski definition) is 3. The van der Waals surface area contributed by atoms with E-state index < -0.39 is 21.8 Å². The number of nitrogens with zero attached hydrogens (tertiary/aromatic N) is 1. The van der Waals surface area contributed by atoms with E-state index in [2.05, 4.69) is 15.3 Å². The highest BCUT2D eigenvalue weighted by Crippen LogP contribution is 2.29. The highest BCUT2D eigenvalue weighted by Gasteiger charge is 2.16. The monoisotopic (exact) mass is 409 g/mol. The van der Waals surface area contributed by atoms with E-state index in [9.17, 15) is 18.0 Å². The summed E-state index contributed by atoms with van der Waals surface area (Å²) in [5.74, 6) is -0.386. The first-order chi connectivity index (χ1) is 13.1. The summed E-state index contributed by atoms with van der Waals surface area (Å²) < 4.78 is 36.0. The Hall–Kier alpha value is -2.72. The lowest BCUT2D eigenvalue weighted by Crippen LogP contribution is -2.29. The van der Waals surface area contributed by atoms with Gasteiger partial charge < -0.3 is 15.0 Å². The van der Waals surface area contributed by atoms with Crippen molar-refractivity contribution in [2.45, 2.75) is 27.2 Å². The highest BCUT2D eigenvalue weighted by atomic mass is 32.2. The van der Waals surface area contributed by atoms with Gasteiger partial charge in [-0.1, -0.05) is 6.92 Å². The van der Waals surface area contributed by atoms with Crippen LogP contribution in [0.1, 0.15) is 35.0 Å². The zero-order valence-electron chi connectivity index (χ0n) is 15.9. The Kier molecular flexibility index (Phi) is 6.92. The van der Waals surface area contributed by atoms with Crippen molar-refractivity contribution in [1.29, 1.82) is 0 Å². The number of aromatic amines is 1. The number of amides is 1. The quantitative estimate of drug-likeness (QED) is 0.561. The first kappa shape index (κ1) is 21.6. The van der Waals surface area contributed by atoms with Gasteiger partial charge in [0.15, 0.2) is 0 Å². The van der Waals surface area contributed by atoms with E-state index in [0.29, 0.717) is 29.2 Å². The molecule has 0 unspecified atom stereocenters. The number of aryl methyl sites for hydroxylation is 1. The lowest BCUT2D eigenvalue weighted by atomic mass is 10.1. The number of hydrogen-bond acceptors (Lipinski definition) is 6. The van der Waals surface area contributed by atoms with E-state index >= 15 is 0 Å². The molecule has 3 N–H and O–H groups in total. The Balaban J connectivity index is 2.40. The van der Waals surface area contributed by atoms with Crippen molar-refractivity contribution in [3.8, 4) is 17.1 Å². The summed E-state index contributed by atoms with van der Waals surface area (Å²) in [4.78, 5) is 31.5. The summed E-state index contributed by atoms with van der Waals surface area (Å²) in [5, 5.41) is 2.42. The summed E-state index contributed by atoms with van der Waals surface area (Å²) in [7, 11) is -4.17. The fourth-order valence-corrected chi connectivity index (χ4v) is 2.72. The van der Waals surface area contributed by atoms with Crippen molar-refractivity contribution >= 4 is 16.0 Å². The molecule has 10 heteroatoms. The Bertz CT molecular complexity index is 1030. The number of nitrogens with one attached hydrogen (secondary N) is 2. The third kappa shape index (κ3) is 5.64. The number of carbonyl (C=O) groups is 1. The first-order valence-electron chi connectivity index (χ1n) is 8.70. The number of aromatic nitrogens is 2. The standard InChI is InChI=1S/C18H23N3O6S/c1-4-8-27-15-6-5-13(18(23)19-7-9-28(24,25)26)10-14(15)16-20-12(3)11(2)17(22)21-16/h5-6,10H,4,7-9H2,1-3H3,(H,19,23)(H,20,21,22)(H,24,25,26). The molecule has 0 aliphatic carbocycles. The maximum Gasteiger partial charge on any atom is 0.266 e. The minimum Gasteiger partial charge on any atom is -0.493 e. The van der Waals surface area contributed by atoms with Gasteiger partial charge in [0.1, 0.15) is 11.6 Å². The van der Waals surface area contributed by atoms with Gasteiger partial charge in [0.05, 0.1) is 17.9 Å². The van der Waals surface area contributed by atoms with Crippen molar-refractivity contribution in [2.24, 2.45) is 0 Å². The lowest BCUT2D eigenvalue weighted by Gasteiger charge is -2.13. The van der Waals surface area contributed by atoms with Crippen molar-refractivity contribution in [1.82, 2.24) is 15.3 Å². The third-order valence-electron chi connectivity index (χ3n) is 4.00. The van der Waals surface area contributed by atoms with E-state index in [4.69, 9.17) is 9.29 Å². The van der Waals surface area contributed by atoms with E-state index in [0.717, 1.165) is 6.42 Å². The molecule has 1 amide bonds. The zero-order chi connectivity index (χ0) is 20.9. The Morgan fingerprint density at radius 2 is 2.04 bits per heavy atom. The Morgan fingerprint density at radius 1 is 1.32 bits per heavy atom. The number of carbonyl (C=O) groups excluding carboxylic acids is 1. The molecule has 1 aromatic carbocycles. The lowest BCUT2D eigenvalue weighted by molar-refractivity contribution is 0.0956. The summed E-state index contributed by atoms with van der Waals surface area (Å²) in [5.41, 5.74) is 1.44. The summed E-state index contributed by atoms with van der Waals surface area (Å²) >= 11 is 0. The predicted molar refractivity (Wildman–Crippen MR) is 104 cm³/mol. The molecule has 0 fully saturated rings. The first-order valence-corrected chi connectivity index (χ1v) is 10.3. The average molecular weight is 409 g/mol. The van der Waals surface area contributed by atoms with Crippen LogP contribution in [0.5, 0.6) is 5.75 Å². The average Bonchev–Trinajstić information content (AvgIpc) is 2.62. The van der Waals surface area contributed by atoms with Crippen LogP contribution in [0.4, 0.5) is 0 Å². The molecule has 0 aliphatic heterocycles. The molecular formula is C18H23N3O6S. The Labute approximate surface area is 162 Å². The molecular weight excluding hydrogens is 386 g/mol. The molecule has 2 rings (SSSR count). The Morgan fingerprint density at radius 3 is 2.64 bits per heavy atom. The molecule has 0 radical (unpaired) electrons. The molecule has 0 aliphatic rings. The molecule has 9 nitrogen and oxygen atoms in total.